The second-order valence-corrected chi connectivity index (χ2v) is 7.75. The van der Waals surface area contributed by atoms with Gasteiger partial charge >= 0.3 is 5.97 Å². The number of benzene rings is 2. The van der Waals surface area contributed by atoms with Gasteiger partial charge in [-0.3, -0.25) is 9.36 Å². The van der Waals surface area contributed by atoms with Crippen LogP contribution in [0.2, 0.25) is 0 Å². The Morgan fingerprint density at radius 3 is 2.55 bits per heavy atom. The van der Waals surface area contributed by atoms with E-state index in [-0.39, 0.29) is 17.8 Å². The Morgan fingerprint density at radius 1 is 1.07 bits per heavy atom. The van der Waals surface area contributed by atoms with Crippen LogP contribution in [0.15, 0.2) is 65.8 Å². The maximum Gasteiger partial charge on any atom is 0.316 e. The van der Waals surface area contributed by atoms with E-state index in [9.17, 15) is 4.79 Å². The molecule has 1 unspecified atom stereocenters. The predicted octanol–water partition coefficient (Wildman–Crippen LogP) is 4.14. The first-order valence-electron chi connectivity index (χ1n) is 9.77. The molecule has 0 spiro atoms. The molecule has 1 saturated heterocycles. The molecule has 2 heterocycles. The zero-order valence-electron chi connectivity index (χ0n) is 16.1. The molecule has 0 radical (unpaired) electrons. The summed E-state index contributed by atoms with van der Waals surface area (Å²) < 4.78 is 13.0. The lowest BCUT2D eigenvalue weighted by Crippen LogP contribution is -2.26. The number of nitrogens with zero attached hydrogens (tertiary/aromatic N) is 3. The van der Waals surface area contributed by atoms with Crippen LogP contribution < -0.4 is 0 Å². The fraction of sp³-hybridized carbons (Fsp3) is 0.318. The molecular weight excluding hydrogens is 386 g/mol. The fourth-order valence-electron chi connectivity index (χ4n) is 3.24. The third-order valence-corrected chi connectivity index (χ3v) is 5.61. The number of carbonyl (C=O) groups is 1. The van der Waals surface area contributed by atoms with Crippen molar-refractivity contribution in [3.05, 3.63) is 60.7 Å². The number of rotatable bonds is 7. The molecule has 1 aliphatic heterocycles. The number of para-hydroxylation sites is 1. The molecule has 0 saturated carbocycles. The molecule has 150 valence electrons. The van der Waals surface area contributed by atoms with Crippen LogP contribution >= 0.6 is 11.8 Å². The third kappa shape index (κ3) is 5.05. The van der Waals surface area contributed by atoms with Crippen molar-refractivity contribution >= 4 is 17.7 Å². The van der Waals surface area contributed by atoms with Crippen LogP contribution in [0.4, 0.5) is 0 Å². The molecule has 4 rings (SSSR count). The van der Waals surface area contributed by atoms with Crippen LogP contribution in [-0.4, -0.2) is 45.8 Å². The predicted molar refractivity (Wildman–Crippen MR) is 112 cm³/mol. The van der Waals surface area contributed by atoms with E-state index in [0.717, 1.165) is 42.9 Å². The highest BCUT2D eigenvalue weighted by atomic mass is 32.2. The molecule has 1 fully saturated rings. The van der Waals surface area contributed by atoms with Crippen molar-refractivity contribution in [2.75, 3.05) is 19.0 Å². The number of thioether (sulfide) groups is 1. The van der Waals surface area contributed by atoms with Crippen LogP contribution in [-0.2, 0) is 14.3 Å². The number of carbonyl (C=O) groups excluding carboxylic acids is 1. The first-order valence-corrected chi connectivity index (χ1v) is 10.8. The van der Waals surface area contributed by atoms with Crippen LogP contribution in [0.3, 0.4) is 0 Å². The van der Waals surface area contributed by atoms with Crippen molar-refractivity contribution in [2.45, 2.75) is 30.5 Å². The lowest BCUT2D eigenvalue weighted by Gasteiger charge is -2.21. The number of ether oxygens (including phenoxy) is 2. The summed E-state index contributed by atoms with van der Waals surface area (Å²) in [5, 5.41) is 9.37. The number of hydrogen-bond acceptors (Lipinski definition) is 6. The fourth-order valence-corrected chi connectivity index (χ4v) is 3.99. The van der Waals surface area contributed by atoms with Gasteiger partial charge in [0.25, 0.3) is 0 Å². The normalized spacial score (nSPS) is 16.5. The quantitative estimate of drug-likeness (QED) is 0.432. The average molecular weight is 410 g/mol. The van der Waals surface area contributed by atoms with Crippen LogP contribution in [0.5, 0.6) is 0 Å². The summed E-state index contributed by atoms with van der Waals surface area (Å²) in [5.74, 6) is 0.642. The summed E-state index contributed by atoms with van der Waals surface area (Å²) in [7, 11) is 0. The first-order chi connectivity index (χ1) is 14.3. The Bertz CT molecular complexity index is 925. The number of esters is 1. The zero-order chi connectivity index (χ0) is 19.9. The Kier molecular flexibility index (Phi) is 6.59. The molecule has 0 amide bonds. The van der Waals surface area contributed by atoms with Gasteiger partial charge in [0.15, 0.2) is 11.0 Å². The van der Waals surface area contributed by atoms with E-state index >= 15 is 0 Å². The number of aromatic nitrogens is 3. The van der Waals surface area contributed by atoms with Crippen molar-refractivity contribution < 1.29 is 14.3 Å². The summed E-state index contributed by atoms with van der Waals surface area (Å²) >= 11 is 1.33. The maximum atomic E-state index is 12.2. The van der Waals surface area contributed by atoms with Gasteiger partial charge in [-0.2, -0.15) is 0 Å². The topological polar surface area (TPSA) is 66.2 Å². The van der Waals surface area contributed by atoms with Crippen LogP contribution in [0.1, 0.15) is 19.3 Å². The van der Waals surface area contributed by atoms with Gasteiger partial charge in [-0.1, -0.05) is 60.3 Å². The molecule has 29 heavy (non-hydrogen) atoms. The minimum absolute atomic E-state index is 0.0235. The van der Waals surface area contributed by atoms with Crippen molar-refractivity contribution in [3.8, 4) is 17.1 Å². The standard InChI is InChI=1S/C22H23N3O3S/c26-20(28-15-19-13-7-8-14-27-19)16-29-22-24-23-21(17-9-3-1-4-10-17)25(22)18-11-5-2-6-12-18/h1-6,9-12,19H,7-8,13-16H2. The van der Waals surface area contributed by atoms with Gasteiger partial charge < -0.3 is 9.47 Å². The molecule has 0 bridgehead atoms. The first kappa shape index (κ1) is 19.7. The zero-order valence-corrected chi connectivity index (χ0v) is 16.9. The second kappa shape index (κ2) is 9.71. The summed E-state index contributed by atoms with van der Waals surface area (Å²) in [4.78, 5) is 12.2. The Labute approximate surface area is 174 Å². The van der Waals surface area contributed by atoms with Gasteiger partial charge in [-0.25, -0.2) is 0 Å². The highest BCUT2D eigenvalue weighted by Crippen LogP contribution is 2.28. The average Bonchev–Trinajstić information content (AvgIpc) is 3.22. The third-order valence-electron chi connectivity index (χ3n) is 4.70. The summed E-state index contributed by atoms with van der Waals surface area (Å²) in [6.07, 6.45) is 3.18. The summed E-state index contributed by atoms with van der Waals surface area (Å²) in [6, 6.07) is 19.8. The van der Waals surface area contributed by atoms with E-state index in [4.69, 9.17) is 9.47 Å². The van der Waals surface area contributed by atoms with E-state index in [2.05, 4.69) is 10.2 Å². The maximum absolute atomic E-state index is 12.2. The van der Waals surface area contributed by atoms with Gasteiger partial charge in [-0.15, -0.1) is 10.2 Å². The molecule has 0 N–H and O–H groups in total. The molecular formula is C22H23N3O3S. The lowest BCUT2D eigenvalue weighted by molar-refractivity contribution is -0.145. The Morgan fingerprint density at radius 2 is 1.83 bits per heavy atom. The minimum Gasteiger partial charge on any atom is -0.462 e. The molecule has 1 atom stereocenters. The minimum atomic E-state index is -0.270. The van der Waals surface area contributed by atoms with Gasteiger partial charge in [0, 0.05) is 17.9 Å². The molecule has 7 heteroatoms. The van der Waals surface area contributed by atoms with Crippen molar-refractivity contribution in [1.29, 1.82) is 0 Å². The molecule has 2 aromatic carbocycles. The van der Waals surface area contributed by atoms with E-state index < -0.39 is 0 Å². The molecule has 0 aliphatic carbocycles. The SMILES string of the molecule is O=C(CSc1nnc(-c2ccccc2)n1-c1ccccc1)OCC1CCCCO1. The Hall–Kier alpha value is -2.64. The largest absolute Gasteiger partial charge is 0.462 e. The van der Waals surface area contributed by atoms with Crippen molar-refractivity contribution in [2.24, 2.45) is 0 Å². The highest BCUT2D eigenvalue weighted by molar-refractivity contribution is 7.99. The van der Waals surface area contributed by atoms with Crippen LogP contribution in [0.25, 0.3) is 17.1 Å². The van der Waals surface area contributed by atoms with Gasteiger partial charge in [0.1, 0.15) is 6.61 Å². The van der Waals surface area contributed by atoms with E-state index in [1.165, 1.54) is 11.8 Å². The summed E-state index contributed by atoms with van der Waals surface area (Å²) in [6.45, 7) is 1.07. The van der Waals surface area contributed by atoms with Gasteiger partial charge in [0.05, 0.1) is 11.9 Å². The van der Waals surface area contributed by atoms with E-state index in [1.54, 1.807) is 0 Å². The molecule has 3 aromatic rings. The van der Waals surface area contributed by atoms with Crippen molar-refractivity contribution in [3.63, 3.8) is 0 Å². The van der Waals surface area contributed by atoms with Gasteiger partial charge in [0.2, 0.25) is 0 Å². The van der Waals surface area contributed by atoms with E-state index in [1.807, 2.05) is 65.2 Å². The second-order valence-electron chi connectivity index (χ2n) is 6.80. The molecule has 1 aromatic heterocycles. The molecule has 1 aliphatic rings. The van der Waals surface area contributed by atoms with Crippen LogP contribution in [0, 0.1) is 0 Å². The van der Waals surface area contributed by atoms with E-state index in [0.29, 0.717) is 11.8 Å². The Balaban J connectivity index is 1.47. The van der Waals surface area contributed by atoms with Gasteiger partial charge in [-0.05, 0) is 31.4 Å². The number of hydrogen-bond donors (Lipinski definition) is 0. The van der Waals surface area contributed by atoms with Crippen molar-refractivity contribution in [1.82, 2.24) is 14.8 Å². The smallest absolute Gasteiger partial charge is 0.316 e. The highest BCUT2D eigenvalue weighted by Gasteiger charge is 2.19. The summed E-state index contributed by atoms with van der Waals surface area (Å²) in [5.41, 5.74) is 1.91. The molecule has 6 nitrogen and oxygen atoms in total. The lowest BCUT2D eigenvalue weighted by atomic mass is 10.1. The monoisotopic (exact) mass is 409 g/mol.